The molecule has 1 N–H and O–H groups in total. The number of carbonyl (C=O) groups excluding carboxylic acids is 1. The molecule has 120 valence electrons. The van der Waals surface area contributed by atoms with Gasteiger partial charge in [-0.3, -0.25) is 9.78 Å². The molecule has 1 aromatic heterocycles. The number of aliphatic hydroxyl groups is 1. The first-order valence-electron chi connectivity index (χ1n) is 8.17. The van der Waals surface area contributed by atoms with E-state index in [0.717, 1.165) is 67.7 Å². The van der Waals surface area contributed by atoms with Crippen LogP contribution in [0.15, 0.2) is 0 Å². The van der Waals surface area contributed by atoms with Crippen molar-refractivity contribution in [1.82, 2.24) is 4.98 Å². The highest BCUT2D eigenvalue weighted by Gasteiger charge is 2.35. The number of aliphatic hydroxyl groups excluding tert-OH is 1. The van der Waals surface area contributed by atoms with E-state index in [1.54, 1.807) is 0 Å². The second-order valence-electron chi connectivity index (χ2n) is 7.46. The Kier molecular flexibility index (Phi) is 4.08. The Morgan fingerprint density at radius 1 is 1.32 bits per heavy atom. The number of pyridine rings is 1. The standard InChI is InChI=1S/C18H25NO3/c1-11-13(10-20)17(12-4-6-22-7-5-12)19-14-8-18(2,3)9-15(21)16(11)14/h10,12,15,21H,4-9H2,1-3H3. The molecular formula is C18H25NO3. The molecule has 4 heteroatoms. The van der Waals surface area contributed by atoms with Gasteiger partial charge in [-0.15, -0.1) is 0 Å². The van der Waals surface area contributed by atoms with Gasteiger partial charge in [0.2, 0.25) is 0 Å². The third-order valence-electron chi connectivity index (χ3n) is 5.10. The molecule has 1 unspecified atom stereocenters. The van der Waals surface area contributed by atoms with E-state index in [-0.39, 0.29) is 5.41 Å². The van der Waals surface area contributed by atoms with Crippen LogP contribution >= 0.6 is 0 Å². The summed E-state index contributed by atoms with van der Waals surface area (Å²) in [6.07, 6.45) is 3.80. The first-order chi connectivity index (χ1) is 10.4. The van der Waals surface area contributed by atoms with Gasteiger partial charge in [0, 0.05) is 36.0 Å². The van der Waals surface area contributed by atoms with Crippen molar-refractivity contribution in [3.8, 4) is 0 Å². The van der Waals surface area contributed by atoms with Crippen LogP contribution in [0.2, 0.25) is 0 Å². The van der Waals surface area contributed by atoms with Crippen LogP contribution in [-0.4, -0.2) is 29.6 Å². The van der Waals surface area contributed by atoms with Gasteiger partial charge in [0.05, 0.1) is 11.8 Å². The number of rotatable bonds is 2. The Morgan fingerprint density at radius 2 is 2.00 bits per heavy atom. The van der Waals surface area contributed by atoms with Crippen molar-refractivity contribution in [1.29, 1.82) is 0 Å². The fourth-order valence-corrected chi connectivity index (χ4v) is 3.98. The lowest BCUT2D eigenvalue weighted by molar-refractivity contribution is 0.0829. The van der Waals surface area contributed by atoms with Gasteiger partial charge in [0.25, 0.3) is 0 Å². The van der Waals surface area contributed by atoms with Crippen LogP contribution in [0.25, 0.3) is 0 Å². The van der Waals surface area contributed by atoms with E-state index in [1.165, 1.54) is 0 Å². The molecule has 22 heavy (non-hydrogen) atoms. The molecule has 0 radical (unpaired) electrons. The number of fused-ring (bicyclic) bond motifs is 1. The van der Waals surface area contributed by atoms with Crippen LogP contribution in [0, 0.1) is 12.3 Å². The molecule has 2 aliphatic rings. The van der Waals surface area contributed by atoms with E-state index in [0.29, 0.717) is 11.5 Å². The van der Waals surface area contributed by atoms with Gasteiger partial charge in [-0.05, 0) is 43.6 Å². The number of ether oxygens (including phenoxy) is 1. The number of carbonyl (C=O) groups is 1. The fourth-order valence-electron chi connectivity index (χ4n) is 3.98. The number of aromatic nitrogens is 1. The zero-order chi connectivity index (χ0) is 15.9. The Bertz CT molecular complexity index is 588. The summed E-state index contributed by atoms with van der Waals surface area (Å²) in [4.78, 5) is 16.5. The van der Waals surface area contributed by atoms with Crippen LogP contribution in [0.1, 0.15) is 78.0 Å². The Labute approximate surface area is 131 Å². The Hall–Kier alpha value is -1.26. The van der Waals surface area contributed by atoms with Crippen molar-refractivity contribution in [2.75, 3.05) is 13.2 Å². The summed E-state index contributed by atoms with van der Waals surface area (Å²) in [5.74, 6) is 0.292. The maximum Gasteiger partial charge on any atom is 0.152 e. The largest absolute Gasteiger partial charge is 0.388 e. The molecule has 1 atom stereocenters. The molecule has 1 aliphatic carbocycles. The van der Waals surface area contributed by atoms with Crippen molar-refractivity contribution < 1.29 is 14.6 Å². The second-order valence-corrected chi connectivity index (χ2v) is 7.46. The predicted octanol–water partition coefficient (Wildman–Crippen LogP) is 3.10. The molecule has 0 amide bonds. The van der Waals surface area contributed by atoms with Gasteiger partial charge in [-0.2, -0.15) is 0 Å². The molecular weight excluding hydrogens is 278 g/mol. The maximum absolute atomic E-state index is 11.7. The average Bonchev–Trinajstić information content (AvgIpc) is 2.46. The van der Waals surface area contributed by atoms with Crippen LogP contribution in [0.4, 0.5) is 0 Å². The number of hydrogen-bond acceptors (Lipinski definition) is 4. The van der Waals surface area contributed by atoms with Crippen molar-refractivity contribution in [3.63, 3.8) is 0 Å². The molecule has 2 heterocycles. The third-order valence-corrected chi connectivity index (χ3v) is 5.10. The van der Waals surface area contributed by atoms with E-state index in [2.05, 4.69) is 13.8 Å². The summed E-state index contributed by atoms with van der Waals surface area (Å²) in [6, 6.07) is 0. The highest BCUT2D eigenvalue weighted by molar-refractivity contribution is 5.80. The minimum atomic E-state index is -0.520. The molecule has 0 aromatic carbocycles. The summed E-state index contributed by atoms with van der Waals surface area (Å²) in [6.45, 7) is 7.74. The van der Waals surface area contributed by atoms with Crippen LogP contribution in [-0.2, 0) is 11.2 Å². The molecule has 4 nitrogen and oxygen atoms in total. The van der Waals surface area contributed by atoms with E-state index in [9.17, 15) is 9.90 Å². The Morgan fingerprint density at radius 3 is 2.64 bits per heavy atom. The zero-order valence-corrected chi connectivity index (χ0v) is 13.7. The summed E-state index contributed by atoms with van der Waals surface area (Å²) < 4.78 is 5.43. The monoisotopic (exact) mass is 303 g/mol. The van der Waals surface area contributed by atoms with Crippen LogP contribution in [0.3, 0.4) is 0 Å². The lowest BCUT2D eigenvalue weighted by Gasteiger charge is -2.36. The quantitative estimate of drug-likeness (QED) is 0.853. The predicted molar refractivity (Wildman–Crippen MR) is 84.2 cm³/mol. The van der Waals surface area contributed by atoms with Gasteiger partial charge in [-0.1, -0.05) is 13.8 Å². The van der Waals surface area contributed by atoms with Crippen LogP contribution in [0.5, 0.6) is 0 Å². The normalized spacial score (nSPS) is 24.8. The van der Waals surface area contributed by atoms with Crippen molar-refractivity contribution >= 4 is 6.29 Å². The van der Waals surface area contributed by atoms with E-state index in [1.807, 2.05) is 6.92 Å². The fraction of sp³-hybridized carbons (Fsp3) is 0.667. The van der Waals surface area contributed by atoms with E-state index < -0.39 is 6.10 Å². The molecule has 1 saturated heterocycles. The lowest BCUT2D eigenvalue weighted by Crippen LogP contribution is -2.29. The van der Waals surface area contributed by atoms with Gasteiger partial charge in [0.1, 0.15) is 0 Å². The molecule has 3 rings (SSSR count). The third kappa shape index (κ3) is 2.70. The number of hydrogen-bond donors (Lipinski definition) is 1. The van der Waals surface area contributed by atoms with Crippen LogP contribution < -0.4 is 0 Å². The smallest absolute Gasteiger partial charge is 0.152 e. The minimum absolute atomic E-state index is 0.0432. The summed E-state index contributed by atoms with van der Waals surface area (Å²) in [5, 5.41) is 10.5. The van der Waals surface area contributed by atoms with Gasteiger partial charge in [0.15, 0.2) is 6.29 Å². The summed E-state index contributed by atoms with van der Waals surface area (Å²) in [7, 11) is 0. The Balaban J connectivity index is 2.12. The molecule has 0 bridgehead atoms. The van der Waals surface area contributed by atoms with Gasteiger partial charge >= 0.3 is 0 Å². The first-order valence-corrected chi connectivity index (χ1v) is 8.17. The molecule has 1 aliphatic heterocycles. The molecule has 0 spiro atoms. The van der Waals surface area contributed by atoms with Crippen molar-refractivity contribution in [2.45, 2.75) is 58.5 Å². The van der Waals surface area contributed by atoms with Crippen molar-refractivity contribution in [3.05, 3.63) is 28.1 Å². The maximum atomic E-state index is 11.7. The van der Waals surface area contributed by atoms with Gasteiger partial charge < -0.3 is 9.84 Å². The van der Waals surface area contributed by atoms with Crippen molar-refractivity contribution in [2.24, 2.45) is 5.41 Å². The number of aldehydes is 1. The summed E-state index contributed by atoms with van der Waals surface area (Å²) >= 11 is 0. The zero-order valence-electron chi connectivity index (χ0n) is 13.7. The highest BCUT2D eigenvalue weighted by atomic mass is 16.5. The molecule has 0 saturated carbocycles. The second kappa shape index (κ2) is 5.74. The van der Waals surface area contributed by atoms with E-state index >= 15 is 0 Å². The highest BCUT2D eigenvalue weighted by Crippen LogP contribution is 2.43. The number of nitrogens with zero attached hydrogens (tertiary/aromatic N) is 1. The SMILES string of the molecule is Cc1c(C=O)c(C2CCOCC2)nc2c1C(O)CC(C)(C)C2. The van der Waals surface area contributed by atoms with E-state index in [4.69, 9.17) is 9.72 Å². The average molecular weight is 303 g/mol. The summed E-state index contributed by atoms with van der Waals surface area (Å²) in [5.41, 5.74) is 4.43. The topological polar surface area (TPSA) is 59.4 Å². The lowest BCUT2D eigenvalue weighted by atomic mass is 9.73. The first kappa shape index (κ1) is 15.6. The molecule has 1 aromatic rings. The van der Waals surface area contributed by atoms with Gasteiger partial charge in [-0.25, -0.2) is 0 Å². The molecule has 1 fully saturated rings. The minimum Gasteiger partial charge on any atom is -0.388 e.